The number of benzene rings is 1. The standard InChI is InChI=1S/C13H17BrFNO2S/c1-2-18-13(17)12(16)5-6-19-8-9-7-10(14)3-4-11(9)15/h3-4,7,12H,2,5-6,8,16H2,1H3. The molecule has 106 valence electrons. The first-order valence-corrected chi connectivity index (χ1v) is 7.93. The number of hydrogen-bond acceptors (Lipinski definition) is 4. The monoisotopic (exact) mass is 349 g/mol. The Labute approximate surface area is 125 Å². The van der Waals surface area contributed by atoms with Gasteiger partial charge in [0.15, 0.2) is 0 Å². The molecule has 0 bridgehead atoms. The summed E-state index contributed by atoms with van der Waals surface area (Å²) in [7, 11) is 0. The fourth-order valence-corrected chi connectivity index (χ4v) is 2.83. The Morgan fingerprint density at radius 3 is 3.00 bits per heavy atom. The maximum Gasteiger partial charge on any atom is 0.322 e. The van der Waals surface area contributed by atoms with Crippen molar-refractivity contribution in [2.75, 3.05) is 12.4 Å². The average Bonchev–Trinajstić information content (AvgIpc) is 2.38. The van der Waals surface area contributed by atoms with Gasteiger partial charge < -0.3 is 10.5 Å². The highest BCUT2D eigenvalue weighted by atomic mass is 79.9. The largest absolute Gasteiger partial charge is 0.465 e. The molecule has 3 nitrogen and oxygen atoms in total. The summed E-state index contributed by atoms with van der Waals surface area (Å²) < 4.78 is 19.1. The fraction of sp³-hybridized carbons (Fsp3) is 0.462. The molecule has 1 atom stereocenters. The van der Waals surface area contributed by atoms with Gasteiger partial charge in [-0.3, -0.25) is 4.79 Å². The van der Waals surface area contributed by atoms with Crippen LogP contribution in [0.3, 0.4) is 0 Å². The first-order valence-electron chi connectivity index (χ1n) is 5.98. The average molecular weight is 350 g/mol. The topological polar surface area (TPSA) is 52.3 Å². The number of hydrogen-bond donors (Lipinski definition) is 1. The molecule has 0 aliphatic carbocycles. The van der Waals surface area contributed by atoms with Gasteiger partial charge in [-0.1, -0.05) is 15.9 Å². The van der Waals surface area contributed by atoms with E-state index >= 15 is 0 Å². The number of carbonyl (C=O) groups is 1. The molecule has 0 spiro atoms. The van der Waals surface area contributed by atoms with Crippen molar-refractivity contribution in [2.45, 2.75) is 25.1 Å². The van der Waals surface area contributed by atoms with Gasteiger partial charge >= 0.3 is 5.97 Å². The van der Waals surface area contributed by atoms with Gasteiger partial charge in [0.2, 0.25) is 0 Å². The van der Waals surface area contributed by atoms with E-state index in [9.17, 15) is 9.18 Å². The lowest BCUT2D eigenvalue weighted by Crippen LogP contribution is -2.32. The Morgan fingerprint density at radius 1 is 1.58 bits per heavy atom. The third-order valence-corrected chi connectivity index (χ3v) is 3.96. The van der Waals surface area contributed by atoms with Crippen LogP contribution < -0.4 is 5.73 Å². The van der Waals surface area contributed by atoms with Crippen molar-refractivity contribution in [3.8, 4) is 0 Å². The predicted molar refractivity (Wildman–Crippen MR) is 79.5 cm³/mol. The molecule has 0 aliphatic heterocycles. The second-order valence-corrected chi connectivity index (χ2v) is 5.96. The van der Waals surface area contributed by atoms with Crippen LogP contribution in [0.15, 0.2) is 22.7 Å². The van der Waals surface area contributed by atoms with E-state index in [-0.39, 0.29) is 11.8 Å². The van der Waals surface area contributed by atoms with Crippen LogP contribution in [0.5, 0.6) is 0 Å². The lowest BCUT2D eigenvalue weighted by Gasteiger charge is -2.10. The molecule has 6 heteroatoms. The Hall–Kier alpha value is -0.590. The summed E-state index contributed by atoms with van der Waals surface area (Å²) in [4.78, 5) is 11.3. The van der Waals surface area contributed by atoms with E-state index in [4.69, 9.17) is 10.5 Å². The van der Waals surface area contributed by atoms with Gasteiger partial charge in [-0.05, 0) is 42.9 Å². The molecule has 2 N–H and O–H groups in total. The molecular formula is C13H17BrFNO2S. The zero-order chi connectivity index (χ0) is 14.3. The SMILES string of the molecule is CCOC(=O)C(N)CCSCc1cc(Br)ccc1F. The van der Waals surface area contributed by atoms with Crippen molar-refractivity contribution in [3.05, 3.63) is 34.1 Å². The van der Waals surface area contributed by atoms with Gasteiger partial charge in [-0.15, -0.1) is 0 Å². The van der Waals surface area contributed by atoms with Crippen LogP contribution in [-0.2, 0) is 15.3 Å². The number of nitrogens with two attached hydrogens (primary N) is 1. The van der Waals surface area contributed by atoms with Crippen molar-refractivity contribution in [1.82, 2.24) is 0 Å². The molecule has 0 saturated carbocycles. The summed E-state index contributed by atoms with van der Waals surface area (Å²) in [5.41, 5.74) is 6.31. The first kappa shape index (κ1) is 16.5. The van der Waals surface area contributed by atoms with Crippen LogP contribution in [0, 0.1) is 5.82 Å². The van der Waals surface area contributed by atoms with Gasteiger partial charge in [0.25, 0.3) is 0 Å². The Morgan fingerprint density at radius 2 is 2.32 bits per heavy atom. The zero-order valence-electron chi connectivity index (χ0n) is 10.7. The third kappa shape index (κ3) is 5.93. The zero-order valence-corrected chi connectivity index (χ0v) is 13.1. The van der Waals surface area contributed by atoms with Crippen LogP contribution in [0.25, 0.3) is 0 Å². The van der Waals surface area contributed by atoms with E-state index in [2.05, 4.69) is 15.9 Å². The Kier molecular flexibility index (Phi) is 7.41. The van der Waals surface area contributed by atoms with Crippen LogP contribution in [0.1, 0.15) is 18.9 Å². The minimum atomic E-state index is -0.597. The summed E-state index contributed by atoms with van der Waals surface area (Å²) in [5, 5.41) is 0. The van der Waals surface area contributed by atoms with Crippen LogP contribution in [0.4, 0.5) is 4.39 Å². The number of esters is 1. The van der Waals surface area contributed by atoms with E-state index in [1.807, 2.05) is 0 Å². The summed E-state index contributed by atoms with van der Waals surface area (Å²) in [5.74, 6) is 0.648. The Bertz CT molecular complexity index is 431. The van der Waals surface area contributed by atoms with E-state index in [1.54, 1.807) is 30.8 Å². The maximum absolute atomic E-state index is 13.5. The first-order chi connectivity index (χ1) is 9.04. The van der Waals surface area contributed by atoms with Gasteiger partial charge in [-0.25, -0.2) is 4.39 Å². The second kappa shape index (κ2) is 8.55. The Balaban J connectivity index is 2.31. The van der Waals surface area contributed by atoms with Gasteiger partial charge in [-0.2, -0.15) is 11.8 Å². The summed E-state index contributed by atoms with van der Waals surface area (Å²) in [6.45, 7) is 2.08. The van der Waals surface area contributed by atoms with Crippen LogP contribution >= 0.6 is 27.7 Å². The molecule has 1 unspecified atom stereocenters. The van der Waals surface area contributed by atoms with E-state index < -0.39 is 6.04 Å². The highest BCUT2D eigenvalue weighted by Gasteiger charge is 2.13. The number of thioether (sulfide) groups is 1. The normalized spacial score (nSPS) is 12.2. The highest BCUT2D eigenvalue weighted by molar-refractivity contribution is 9.10. The molecule has 0 radical (unpaired) electrons. The smallest absolute Gasteiger partial charge is 0.322 e. The molecule has 1 aromatic rings. The van der Waals surface area contributed by atoms with Gasteiger partial charge in [0.05, 0.1) is 6.61 Å². The van der Waals surface area contributed by atoms with Gasteiger partial charge in [0.1, 0.15) is 11.9 Å². The van der Waals surface area contributed by atoms with Crippen molar-refractivity contribution in [2.24, 2.45) is 5.73 Å². The maximum atomic E-state index is 13.5. The molecule has 0 fully saturated rings. The molecule has 0 heterocycles. The van der Waals surface area contributed by atoms with Crippen molar-refractivity contribution in [1.29, 1.82) is 0 Å². The molecule has 19 heavy (non-hydrogen) atoms. The fourth-order valence-electron chi connectivity index (χ4n) is 1.41. The quantitative estimate of drug-likeness (QED) is 0.607. The van der Waals surface area contributed by atoms with Crippen molar-refractivity contribution < 1.29 is 13.9 Å². The van der Waals surface area contributed by atoms with Crippen molar-refractivity contribution in [3.63, 3.8) is 0 Å². The van der Waals surface area contributed by atoms with Crippen LogP contribution in [-0.4, -0.2) is 24.4 Å². The lowest BCUT2D eigenvalue weighted by atomic mass is 10.2. The van der Waals surface area contributed by atoms with Gasteiger partial charge in [0, 0.05) is 10.2 Å². The molecule has 0 amide bonds. The minimum Gasteiger partial charge on any atom is -0.465 e. The number of carbonyl (C=O) groups excluding carboxylic acids is 1. The predicted octanol–water partition coefficient (Wildman–Crippen LogP) is 3.10. The summed E-state index contributed by atoms with van der Waals surface area (Å²) in [6, 6.07) is 4.26. The number of halogens is 2. The van der Waals surface area contributed by atoms with E-state index in [1.165, 1.54) is 6.07 Å². The van der Waals surface area contributed by atoms with Crippen molar-refractivity contribution >= 4 is 33.7 Å². The molecule has 1 aromatic carbocycles. The number of rotatable bonds is 7. The third-order valence-electron chi connectivity index (χ3n) is 2.43. The summed E-state index contributed by atoms with van der Waals surface area (Å²) in [6.07, 6.45) is 0.527. The molecule has 1 rings (SSSR count). The minimum absolute atomic E-state index is 0.217. The molecule has 0 saturated heterocycles. The van der Waals surface area contributed by atoms with E-state index in [0.29, 0.717) is 30.1 Å². The lowest BCUT2D eigenvalue weighted by molar-refractivity contribution is -0.144. The highest BCUT2D eigenvalue weighted by Crippen LogP contribution is 2.20. The second-order valence-electron chi connectivity index (χ2n) is 3.94. The van der Waals surface area contributed by atoms with E-state index in [0.717, 1.165) is 4.47 Å². The molecule has 0 aliphatic rings. The van der Waals surface area contributed by atoms with Crippen LogP contribution in [0.2, 0.25) is 0 Å². The molecule has 0 aromatic heterocycles. The molecular weight excluding hydrogens is 333 g/mol. The number of ether oxygens (including phenoxy) is 1. The summed E-state index contributed by atoms with van der Waals surface area (Å²) >= 11 is 4.85.